The van der Waals surface area contributed by atoms with E-state index >= 15 is 0 Å². The molecule has 1 aromatic heterocycles. The molecule has 0 saturated carbocycles. The molecular formula is C15H15NO3. The first-order valence-electron chi connectivity index (χ1n) is 6.03. The molecule has 0 unspecified atom stereocenters. The van der Waals surface area contributed by atoms with Gasteiger partial charge in [-0.05, 0) is 18.6 Å². The lowest BCUT2D eigenvalue weighted by Crippen LogP contribution is -2.26. The molecule has 0 saturated heterocycles. The average molecular weight is 257 g/mol. The van der Waals surface area contributed by atoms with E-state index in [-0.39, 0.29) is 18.7 Å². The Morgan fingerprint density at radius 2 is 1.84 bits per heavy atom. The number of esters is 1. The highest BCUT2D eigenvalue weighted by atomic mass is 16.5. The van der Waals surface area contributed by atoms with Gasteiger partial charge in [0.25, 0.3) is 5.56 Å². The second-order valence-electron chi connectivity index (χ2n) is 4.24. The molecular weight excluding hydrogens is 242 g/mol. The van der Waals surface area contributed by atoms with Gasteiger partial charge in [0.2, 0.25) is 0 Å². The monoisotopic (exact) mass is 257 g/mol. The van der Waals surface area contributed by atoms with Crippen molar-refractivity contribution in [2.24, 2.45) is 0 Å². The number of pyridine rings is 1. The Morgan fingerprint density at radius 3 is 2.53 bits per heavy atom. The third kappa shape index (κ3) is 3.55. The zero-order valence-electron chi connectivity index (χ0n) is 10.7. The van der Waals surface area contributed by atoms with Crippen LogP contribution in [0, 0.1) is 6.92 Å². The summed E-state index contributed by atoms with van der Waals surface area (Å²) >= 11 is 0. The Hall–Kier alpha value is -2.36. The number of carbonyl (C=O) groups excluding carboxylic acids is 1. The molecule has 19 heavy (non-hydrogen) atoms. The Bertz CT molecular complexity index is 617. The van der Waals surface area contributed by atoms with Crippen LogP contribution in [0.4, 0.5) is 0 Å². The summed E-state index contributed by atoms with van der Waals surface area (Å²) in [7, 11) is 0. The second-order valence-corrected chi connectivity index (χ2v) is 4.24. The maximum absolute atomic E-state index is 11.7. The lowest BCUT2D eigenvalue weighted by atomic mass is 10.2. The molecule has 4 nitrogen and oxygen atoms in total. The standard InChI is InChI=1S/C15H15NO3/c1-12-6-5-9-14(17)16(12)10-15(18)19-11-13-7-3-2-4-8-13/h2-9H,10-11H2,1H3. The highest BCUT2D eigenvalue weighted by molar-refractivity contribution is 5.69. The fourth-order valence-electron chi connectivity index (χ4n) is 1.74. The summed E-state index contributed by atoms with van der Waals surface area (Å²) in [5.74, 6) is -0.416. The molecule has 98 valence electrons. The minimum absolute atomic E-state index is 0.0572. The molecule has 0 aliphatic heterocycles. The summed E-state index contributed by atoms with van der Waals surface area (Å²) in [4.78, 5) is 23.3. The van der Waals surface area contributed by atoms with Gasteiger partial charge in [0.15, 0.2) is 0 Å². The predicted molar refractivity (Wildman–Crippen MR) is 71.7 cm³/mol. The summed E-state index contributed by atoms with van der Waals surface area (Å²) < 4.78 is 6.54. The van der Waals surface area contributed by atoms with Crippen molar-refractivity contribution in [1.82, 2.24) is 4.57 Å². The maximum atomic E-state index is 11.7. The van der Waals surface area contributed by atoms with Gasteiger partial charge in [-0.1, -0.05) is 36.4 Å². The van der Waals surface area contributed by atoms with Crippen LogP contribution < -0.4 is 5.56 Å². The van der Waals surface area contributed by atoms with Crippen LogP contribution in [0.3, 0.4) is 0 Å². The fourth-order valence-corrected chi connectivity index (χ4v) is 1.74. The first kappa shape index (κ1) is 13.1. The number of benzene rings is 1. The lowest BCUT2D eigenvalue weighted by molar-refractivity contribution is -0.145. The van der Waals surface area contributed by atoms with Gasteiger partial charge in [0, 0.05) is 11.8 Å². The van der Waals surface area contributed by atoms with Crippen LogP contribution in [0.5, 0.6) is 0 Å². The van der Waals surface area contributed by atoms with E-state index in [4.69, 9.17) is 4.74 Å². The van der Waals surface area contributed by atoms with Crippen molar-refractivity contribution in [2.45, 2.75) is 20.1 Å². The van der Waals surface area contributed by atoms with Crippen molar-refractivity contribution in [3.05, 3.63) is 70.1 Å². The topological polar surface area (TPSA) is 48.3 Å². The smallest absolute Gasteiger partial charge is 0.326 e. The van der Waals surface area contributed by atoms with E-state index in [1.807, 2.05) is 30.3 Å². The van der Waals surface area contributed by atoms with Crippen LogP contribution in [0.25, 0.3) is 0 Å². The van der Waals surface area contributed by atoms with Crippen molar-refractivity contribution in [3.8, 4) is 0 Å². The molecule has 4 heteroatoms. The zero-order valence-corrected chi connectivity index (χ0v) is 10.7. The summed E-state index contributed by atoms with van der Waals surface area (Å²) in [6.45, 7) is 1.95. The third-order valence-electron chi connectivity index (χ3n) is 2.80. The molecule has 0 spiro atoms. The van der Waals surface area contributed by atoms with Gasteiger partial charge in [-0.2, -0.15) is 0 Å². The largest absolute Gasteiger partial charge is 0.459 e. The van der Waals surface area contributed by atoms with Crippen molar-refractivity contribution in [2.75, 3.05) is 0 Å². The Labute approximate surface area is 111 Å². The van der Waals surface area contributed by atoms with Gasteiger partial charge in [-0.3, -0.25) is 9.59 Å². The molecule has 1 heterocycles. The number of ether oxygens (including phenoxy) is 1. The Balaban J connectivity index is 1.97. The van der Waals surface area contributed by atoms with Crippen LogP contribution >= 0.6 is 0 Å². The van der Waals surface area contributed by atoms with Crippen molar-refractivity contribution in [3.63, 3.8) is 0 Å². The quantitative estimate of drug-likeness (QED) is 0.786. The number of hydrogen-bond donors (Lipinski definition) is 0. The number of nitrogens with zero attached hydrogens (tertiary/aromatic N) is 1. The van der Waals surface area contributed by atoms with E-state index in [1.165, 1.54) is 10.6 Å². The first-order valence-corrected chi connectivity index (χ1v) is 6.03. The van der Waals surface area contributed by atoms with E-state index in [2.05, 4.69) is 0 Å². The molecule has 0 atom stereocenters. The van der Waals surface area contributed by atoms with Crippen molar-refractivity contribution in [1.29, 1.82) is 0 Å². The maximum Gasteiger partial charge on any atom is 0.326 e. The normalized spacial score (nSPS) is 10.2. The number of rotatable bonds is 4. The molecule has 0 radical (unpaired) electrons. The van der Waals surface area contributed by atoms with Gasteiger partial charge in [-0.15, -0.1) is 0 Å². The van der Waals surface area contributed by atoms with Crippen LogP contribution in [-0.2, 0) is 22.7 Å². The average Bonchev–Trinajstić information content (AvgIpc) is 2.42. The second kappa shape index (κ2) is 6.00. The van der Waals surface area contributed by atoms with Crippen LogP contribution in [0.2, 0.25) is 0 Å². The van der Waals surface area contributed by atoms with Crippen molar-refractivity contribution >= 4 is 5.97 Å². The molecule has 0 fully saturated rings. The Kier molecular flexibility index (Phi) is 4.13. The third-order valence-corrected chi connectivity index (χ3v) is 2.80. The number of hydrogen-bond acceptors (Lipinski definition) is 3. The summed E-state index contributed by atoms with van der Waals surface area (Å²) in [5.41, 5.74) is 1.47. The highest BCUT2D eigenvalue weighted by Gasteiger charge is 2.07. The van der Waals surface area contributed by atoms with E-state index in [0.29, 0.717) is 0 Å². The lowest BCUT2D eigenvalue weighted by Gasteiger charge is -2.09. The van der Waals surface area contributed by atoms with Gasteiger partial charge < -0.3 is 9.30 Å². The number of aryl methyl sites for hydroxylation is 1. The van der Waals surface area contributed by atoms with Gasteiger partial charge >= 0.3 is 5.97 Å². The molecule has 2 aromatic rings. The predicted octanol–water partition coefficient (Wildman–Crippen LogP) is 1.90. The van der Waals surface area contributed by atoms with Crippen molar-refractivity contribution < 1.29 is 9.53 Å². The molecule has 1 aromatic carbocycles. The van der Waals surface area contributed by atoms with Gasteiger partial charge in [0.05, 0.1) is 0 Å². The van der Waals surface area contributed by atoms with E-state index in [1.54, 1.807) is 19.1 Å². The van der Waals surface area contributed by atoms with Crippen LogP contribution in [0.1, 0.15) is 11.3 Å². The highest BCUT2D eigenvalue weighted by Crippen LogP contribution is 2.01. The summed E-state index contributed by atoms with van der Waals surface area (Å²) in [5, 5.41) is 0. The Morgan fingerprint density at radius 1 is 1.11 bits per heavy atom. The molecule has 2 rings (SSSR count). The first-order chi connectivity index (χ1) is 9.16. The molecule has 0 N–H and O–H groups in total. The zero-order chi connectivity index (χ0) is 13.7. The van der Waals surface area contributed by atoms with Crippen LogP contribution in [0.15, 0.2) is 53.3 Å². The van der Waals surface area contributed by atoms with E-state index < -0.39 is 5.97 Å². The van der Waals surface area contributed by atoms with E-state index in [0.717, 1.165) is 11.3 Å². The van der Waals surface area contributed by atoms with Gasteiger partial charge in [-0.25, -0.2) is 0 Å². The molecule has 0 amide bonds. The fraction of sp³-hybridized carbons (Fsp3) is 0.200. The molecule has 0 aliphatic rings. The summed E-state index contributed by atoms with van der Waals surface area (Å²) in [6, 6.07) is 14.3. The summed E-state index contributed by atoms with van der Waals surface area (Å²) in [6.07, 6.45) is 0. The van der Waals surface area contributed by atoms with E-state index in [9.17, 15) is 9.59 Å². The molecule has 0 bridgehead atoms. The van der Waals surface area contributed by atoms with Gasteiger partial charge in [0.1, 0.15) is 13.2 Å². The minimum atomic E-state index is -0.416. The number of aromatic nitrogens is 1. The number of carbonyl (C=O) groups is 1. The SMILES string of the molecule is Cc1cccc(=O)n1CC(=O)OCc1ccccc1. The minimum Gasteiger partial charge on any atom is -0.459 e. The molecule has 0 aliphatic carbocycles. The van der Waals surface area contributed by atoms with Crippen LogP contribution in [-0.4, -0.2) is 10.5 Å².